The molecule has 0 amide bonds. The van der Waals surface area contributed by atoms with Gasteiger partial charge in [0.05, 0.1) is 0 Å². The van der Waals surface area contributed by atoms with Crippen molar-refractivity contribution in [2.45, 2.75) is 38.9 Å². The standard InChI is InChI=1S/C28H24FN3O2/c1-17-10-20(8-9-24(17)25-4-2-3-5-26(25)29)28-30-27(31-34-28)19-6-7-21-14-32(15-22(21)13-19)23-11-18(12-23)16-33/h2-10,13,16,18,23H,11-12,14-15H2,1H3/t18-,23-. The Hall–Kier alpha value is -3.64. The van der Waals surface area contributed by atoms with E-state index >= 15 is 0 Å². The lowest BCUT2D eigenvalue weighted by molar-refractivity contribution is -0.115. The molecule has 0 N–H and O–H groups in total. The molecule has 6 rings (SSSR count). The fourth-order valence-corrected chi connectivity index (χ4v) is 5.09. The number of aryl methyl sites for hydroxylation is 1. The van der Waals surface area contributed by atoms with Gasteiger partial charge in [0.2, 0.25) is 5.82 Å². The number of carbonyl (C=O) groups is 1. The molecule has 1 saturated carbocycles. The lowest BCUT2D eigenvalue weighted by atomic mass is 9.80. The van der Waals surface area contributed by atoms with E-state index in [2.05, 4.69) is 27.2 Å². The minimum atomic E-state index is -0.241. The van der Waals surface area contributed by atoms with Crippen LogP contribution < -0.4 is 0 Å². The first-order valence-electron chi connectivity index (χ1n) is 11.6. The van der Waals surface area contributed by atoms with Crippen molar-refractivity contribution < 1.29 is 13.7 Å². The molecule has 0 saturated heterocycles. The number of fused-ring (bicyclic) bond motifs is 1. The van der Waals surface area contributed by atoms with Gasteiger partial charge in [0.1, 0.15) is 12.1 Å². The van der Waals surface area contributed by atoms with Crippen molar-refractivity contribution in [2.75, 3.05) is 0 Å². The van der Waals surface area contributed by atoms with Crippen LogP contribution in [-0.4, -0.2) is 27.4 Å². The second-order valence-corrected chi connectivity index (χ2v) is 9.34. The molecule has 1 aliphatic carbocycles. The largest absolute Gasteiger partial charge is 0.334 e. The molecule has 2 heterocycles. The quantitative estimate of drug-likeness (QED) is 0.357. The highest BCUT2D eigenvalue weighted by molar-refractivity contribution is 5.72. The fourth-order valence-electron chi connectivity index (χ4n) is 5.09. The SMILES string of the molecule is Cc1cc(-c2nc(-c3ccc4c(c3)CN([C@H]3C[C@H](C=O)C3)C4)no2)ccc1-c1ccccc1F. The van der Waals surface area contributed by atoms with E-state index in [1.807, 2.05) is 37.3 Å². The van der Waals surface area contributed by atoms with Gasteiger partial charge in [-0.1, -0.05) is 41.6 Å². The molecule has 3 aromatic carbocycles. The Morgan fingerprint density at radius 3 is 2.56 bits per heavy atom. The molecule has 0 radical (unpaired) electrons. The van der Waals surface area contributed by atoms with Crippen molar-refractivity contribution in [3.8, 4) is 34.0 Å². The highest BCUT2D eigenvalue weighted by Gasteiger charge is 2.36. The first kappa shape index (κ1) is 20.9. The molecular formula is C28H24FN3O2. The van der Waals surface area contributed by atoms with Gasteiger partial charge in [0, 0.05) is 41.7 Å². The monoisotopic (exact) mass is 453 g/mol. The third kappa shape index (κ3) is 3.64. The Kier molecular flexibility index (Phi) is 5.11. The molecule has 0 spiro atoms. The minimum absolute atomic E-state index is 0.228. The van der Waals surface area contributed by atoms with Crippen LogP contribution in [0.4, 0.5) is 4.39 Å². The highest BCUT2D eigenvalue weighted by Crippen LogP contribution is 2.37. The lowest BCUT2D eigenvalue weighted by Crippen LogP contribution is -2.42. The van der Waals surface area contributed by atoms with Gasteiger partial charge in [-0.05, 0) is 66.3 Å². The van der Waals surface area contributed by atoms with Crippen molar-refractivity contribution in [2.24, 2.45) is 5.92 Å². The topological polar surface area (TPSA) is 59.2 Å². The number of aromatic nitrogens is 2. The van der Waals surface area contributed by atoms with Crippen molar-refractivity contribution in [1.82, 2.24) is 15.0 Å². The van der Waals surface area contributed by atoms with E-state index in [4.69, 9.17) is 4.52 Å². The van der Waals surface area contributed by atoms with Crippen LogP contribution in [0.25, 0.3) is 34.0 Å². The Morgan fingerprint density at radius 1 is 0.971 bits per heavy atom. The predicted molar refractivity (Wildman–Crippen MR) is 127 cm³/mol. The molecule has 2 aliphatic rings. The van der Waals surface area contributed by atoms with Crippen molar-refractivity contribution in [3.63, 3.8) is 0 Å². The summed E-state index contributed by atoms with van der Waals surface area (Å²) in [7, 11) is 0. The van der Waals surface area contributed by atoms with Gasteiger partial charge >= 0.3 is 0 Å². The maximum atomic E-state index is 14.2. The van der Waals surface area contributed by atoms with Crippen LogP contribution in [0.1, 0.15) is 29.5 Å². The Labute approximate surface area is 197 Å². The summed E-state index contributed by atoms with van der Waals surface area (Å²) in [5.41, 5.74) is 6.69. The van der Waals surface area contributed by atoms with Crippen LogP contribution in [0.2, 0.25) is 0 Å². The molecule has 5 nitrogen and oxygen atoms in total. The number of nitrogens with zero attached hydrogens (tertiary/aromatic N) is 3. The van der Waals surface area contributed by atoms with E-state index in [-0.39, 0.29) is 11.7 Å². The van der Waals surface area contributed by atoms with E-state index in [9.17, 15) is 9.18 Å². The summed E-state index contributed by atoms with van der Waals surface area (Å²) in [5.74, 6) is 0.979. The molecule has 0 unspecified atom stereocenters. The summed E-state index contributed by atoms with van der Waals surface area (Å²) in [6.07, 6.45) is 3.02. The number of aldehydes is 1. The molecule has 34 heavy (non-hydrogen) atoms. The summed E-state index contributed by atoms with van der Waals surface area (Å²) in [4.78, 5) is 18.0. The molecule has 170 valence electrons. The number of benzene rings is 3. The maximum absolute atomic E-state index is 14.2. The second kappa shape index (κ2) is 8.29. The van der Waals surface area contributed by atoms with E-state index in [1.165, 1.54) is 17.2 Å². The average molecular weight is 454 g/mol. The zero-order chi connectivity index (χ0) is 23.2. The summed E-state index contributed by atoms with van der Waals surface area (Å²) < 4.78 is 19.8. The summed E-state index contributed by atoms with van der Waals surface area (Å²) in [5, 5.41) is 4.22. The summed E-state index contributed by atoms with van der Waals surface area (Å²) in [6.45, 7) is 3.77. The number of carbonyl (C=O) groups excluding carboxylic acids is 1. The summed E-state index contributed by atoms with van der Waals surface area (Å²) in [6, 6.07) is 19.3. The van der Waals surface area contributed by atoms with Crippen LogP contribution in [0.3, 0.4) is 0 Å². The van der Waals surface area contributed by atoms with Crippen molar-refractivity contribution in [1.29, 1.82) is 0 Å². The zero-order valence-electron chi connectivity index (χ0n) is 18.9. The summed E-state index contributed by atoms with van der Waals surface area (Å²) >= 11 is 0. The van der Waals surface area contributed by atoms with E-state index in [0.717, 1.165) is 54.5 Å². The maximum Gasteiger partial charge on any atom is 0.258 e. The minimum Gasteiger partial charge on any atom is -0.334 e. The molecule has 1 fully saturated rings. The van der Waals surface area contributed by atoms with Crippen molar-refractivity contribution >= 4 is 6.29 Å². The number of hydrogen-bond acceptors (Lipinski definition) is 5. The number of hydrogen-bond donors (Lipinski definition) is 0. The molecule has 1 aromatic heterocycles. The predicted octanol–water partition coefficient (Wildman–Crippen LogP) is 5.81. The van der Waals surface area contributed by atoms with Gasteiger partial charge in [-0.3, -0.25) is 4.90 Å². The van der Waals surface area contributed by atoms with Gasteiger partial charge in [0.25, 0.3) is 5.89 Å². The Morgan fingerprint density at radius 2 is 1.76 bits per heavy atom. The van der Waals surface area contributed by atoms with Crippen LogP contribution in [-0.2, 0) is 17.9 Å². The van der Waals surface area contributed by atoms with Crippen LogP contribution in [0.15, 0.2) is 65.2 Å². The highest BCUT2D eigenvalue weighted by atomic mass is 19.1. The fraction of sp³-hybridized carbons (Fsp3) is 0.250. The van der Waals surface area contributed by atoms with Crippen LogP contribution >= 0.6 is 0 Å². The van der Waals surface area contributed by atoms with Gasteiger partial charge in [-0.15, -0.1) is 0 Å². The third-order valence-electron chi connectivity index (χ3n) is 7.13. The zero-order valence-corrected chi connectivity index (χ0v) is 18.9. The first-order chi connectivity index (χ1) is 16.6. The van der Waals surface area contributed by atoms with Gasteiger partial charge < -0.3 is 9.32 Å². The third-order valence-corrected chi connectivity index (χ3v) is 7.13. The molecular weight excluding hydrogens is 429 g/mol. The van der Waals surface area contributed by atoms with Gasteiger partial charge in [-0.25, -0.2) is 4.39 Å². The van der Waals surface area contributed by atoms with E-state index in [0.29, 0.717) is 23.3 Å². The lowest BCUT2D eigenvalue weighted by Gasteiger charge is -2.38. The molecule has 1 aliphatic heterocycles. The normalized spacial score (nSPS) is 19.6. The van der Waals surface area contributed by atoms with Crippen LogP contribution in [0, 0.1) is 18.7 Å². The van der Waals surface area contributed by atoms with E-state index < -0.39 is 0 Å². The van der Waals surface area contributed by atoms with Gasteiger partial charge in [-0.2, -0.15) is 4.98 Å². The second-order valence-electron chi connectivity index (χ2n) is 9.34. The Balaban J connectivity index is 1.22. The Bertz CT molecular complexity index is 1390. The average Bonchev–Trinajstić information content (AvgIpc) is 3.46. The molecule has 0 atom stereocenters. The van der Waals surface area contributed by atoms with Crippen LogP contribution in [0.5, 0.6) is 0 Å². The molecule has 4 aromatic rings. The number of halogens is 1. The smallest absolute Gasteiger partial charge is 0.258 e. The van der Waals surface area contributed by atoms with Gasteiger partial charge in [0.15, 0.2) is 0 Å². The first-order valence-corrected chi connectivity index (χ1v) is 11.6. The number of rotatable bonds is 5. The molecule has 0 bridgehead atoms. The van der Waals surface area contributed by atoms with Crippen molar-refractivity contribution in [3.05, 3.63) is 83.2 Å². The molecule has 6 heteroatoms. The van der Waals surface area contributed by atoms with E-state index in [1.54, 1.807) is 12.1 Å².